The molecule has 1 heterocycles. The fourth-order valence-electron chi connectivity index (χ4n) is 2.76. The second-order valence-corrected chi connectivity index (χ2v) is 13.6. The Kier molecular flexibility index (Phi) is 10.0. The minimum Gasteiger partial charge on any atom is -0.504 e. The molecule has 0 atom stereocenters. The van der Waals surface area contributed by atoms with Gasteiger partial charge in [-0.05, 0) is 17.1 Å². The molecular weight excluding hydrogens is 669 g/mol. The molecule has 0 saturated heterocycles. The van der Waals surface area contributed by atoms with Crippen LogP contribution >= 0.6 is 0 Å². The van der Waals surface area contributed by atoms with E-state index >= 15 is 0 Å². The first kappa shape index (κ1) is 30.5. The van der Waals surface area contributed by atoms with E-state index in [1.165, 1.54) is 16.1 Å². The number of halogens is 6. The molecule has 0 spiro atoms. The molecule has 3 aromatic rings. The average molecular weight is 691 g/mol. The van der Waals surface area contributed by atoms with Gasteiger partial charge in [0.05, 0.1) is 13.6 Å². The van der Waals surface area contributed by atoms with Crippen LogP contribution in [0, 0.1) is 13.0 Å². The molecule has 0 saturated carbocycles. The molecule has 0 fully saturated rings. The summed E-state index contributed by atoms with van der Waals surface area (Å²) >= 11 is 0. The number of aryl methyl sites for hydroxylation is 1. The Bertz CT molecular complexity index is 1220. The molecule has 191 valence electrons. The monoisotopic (exact) mass is 691 g/mol. The van der Waals surface area contributed by atoms with Gasteiger partial charge in [-0.1, -0.05) is 56.0 Å². The van der Waals surface area contributed by atoms with Gasteiger partial charge in [-0.3, -0.25) is 9.78 Å². The number of benzene rings is 2. The summed E-state index contributed by atoms with van der Waals surface area (Å²) in [6.07, 6.45) is -11.7. The fraction of sp³-hybridized carbons (Fsp3) is 0.250. The molecule has 11 heteroatoms. The normalized spacial score (nSPS) is 12.5. The van der Waals surface area contributed by atoms with E-state index in [9.17, 15) is 31.1 Å². The second-order valence-electron chi connectivity index (χ2n) is 8.52. The zero-order valence-corrected chi connectivity index (χ0v) is 22.5. The van der Waals surface area contributed by atoms with Gasteiger partial charge in [0.1, 0.15) is 0 Å². The first-order chi connectivity index (χ1) is 15.5. The van der Waals surface area contributed by atoms with Crippen molar-refractivity contribution in [3.8, 4) is 11.3 Å². The van der Waals surface area contributed by atoms with Crippen molar-refractivity contribution in [1.82, 2.24) is 4.98 Å². The molecule has 0 aliphatic carbocycles. The third-order valence-corrected chi connectivity index (χ3v) is 6.67. The molecule has 35 heavy (non-hydrogen) atoms. The van der Waals surface area contributed by atoms with Crippen LogP contribution in [-0.4, -0.2) is 36.3 Å². The van der Waals surface area contributed by atoms with Crippen LogP contribution in [0.5, 0.6) is 0 Å². The first-order valence-electron chi connectivity index (χ1n) is 9.97. The van der Waals surface area contributed by atoms with Crippen molar-refractivity contribution in [2.24, 2.45) is 0 Å². The van der Waals surface area contributed by atoms with E-state index in [1.54, 1.807) is 0 Å². The molecular formula is C24H22F6IrNO2Si-. The summed E-state index contributed by atoms with van der Waals surface area (Å²) in [7, 11) is -1.27. The topological polar surface area (TPSA) is 50.2 Å². The third-order valence-electron chi connectivity index (χ3n) is 4.63. The number of rotatable bonds is 3. The number of nitrogens with zero attached hydrogens (tertiary/aromatic N) is 1. The summed E-state index contributed by atoms with van der Waals surface area (Å²) in [6.45, 7) is 9.21. The maximum atomic E-state index is 11.4. The van der Waals surface area contributed by atoms with Crippen molar-refractivity contribution in [3.05, 3.63) is 72.0 Å². The molecule has 0 unspecified atom stereocenters. The fourth-order valence-corrected chi connectivity index (χ4v) is 3.93. The van der Waals surface area contributed by atoms with Crippen molar-refractivity contribution in [2.45, 2.75) is 38.9 Å². The van der Waals surface area contributed by atoms with Crippen LogP contribution in [0.4, 0.5) is 26.3 Å². The average Bonchev–Trinajstić information content (AvgIpc) is 2.71. The molecule has 0 aliphatic rings. The van der Waals surface area contributed by atoms with Gasteiger partial charge in [-0.15, -0.1) is 35.4 Å². The van der Waals surface area contributed by atoms with Gasteiger partial charge in [0, 0.05) is 26.2 Å². The summed E-state index contributed by atoms with van der Waals surface area (Å²) in [6, 6.07) is 20.4. The quantitative estimate of drug-likeness (QED) is 0.110. The van der Waals surface area contributed by atoms with Gasteiger partial charge in [0.2, 0.25) is 5.76 Å². The van der Waals surface area contributed by atoms with E-state index in [0.29, 0.717) is 0 Å². The van der Waals surface area contributed by atoms with Gasteiger partial charge >= 0.3 is 12.4 Å². The predicted molar refractivity (Wildman–Crippen MR) is 122 cm³/mol. The number of aromatic nitrogens is 1. The van der Waals surface area contributed by atoms with Crippen LogP contribution in [0.3, 0.4) is 0 Å². The maximum Gasteiger partial charge on any atom is 0.454 e. The predicted octanol–water partition coefficient (Wildman–Crippen LogP) is 6.68. The summed E-state index contributed by atoms with van der Waals surface area (Å²) in [5.74, 6) is -5.34. The molecule has 0 bridgehead atoms. The van der Waals surface area contributed by atoms with Crippen LogP contribution in [0.15, 0.2) is 60.4 Å². The number of aliphatic hydroxyl groups is 1. The molecule has 3 nitrogen and oxygen atoms in total. The second kappa shape index (κ2) is 11.5. The van der Waals surface area contributed by atoms with E-state index in [2.05, 4.69) is 75.1 Å². The largest absolute Gasteiger partial charge is 0.504 e. The van der Waals surface area contributed by atoms with Gasteiger partial charge in [-0.25, -0.2) is 0 Å². The van der Waals surface area contributed by atoms with Gasteiger partial charge < -0.3 is 5.11 Å². The number of ketones is 1. The van der Waals surface area contributed by atoms with E-state index in [0.717, 1.165) is 16.8 Å². The molecule has 1 radical (unpaired) electrons. The SMILES string of the molecule is Cc1cc[c-]c(-c2ccc3cc([Si](C)(C)C)ccc3n2)c1.O=C(/C=C(\O)C(F)(F)F)C(F)(F)F.[Ir]. The van der Waals surface area contributed by atoms with Crippen LogP contribution < -0.4 is 5.19 Å². The Morgan fingerprint density at radius 3 is 2.11 bits per heavy atom. The Balaban J connectivity index is 0.000000383. The number of carbonyl (C=O) groups is 1. The van der Waals surface area contributed by atoms with Crippen molar-refractivity contribution >= 4 is 29.9 Å². The maximum absolute atomic E-state index is 11.4. The van der Waals surface area contributed by atoms with Crippen molar-refractivity contribution in [3.63, 3.8) is 0 Å². The Labute approximate surface area is 213 Å². The number of hydrogen-bond acceptors (Lipinski definition) is 3. The first-order valence-corrected chi connectivity index (χ1v) is 13.5. The number of fused-ring (bicyclic) bond motifs is 1. The Morgan fingerprint density at radius 1 is 0.971 bits per heavy atom. The van der Waals surface area contributed by atoms with Crippen molar-refractivity contribution in [1.29, 1.82) is 0 Å². The van der Waals surface area contributed by atoms with Crippen LogP contribution in [0.25, 0.3) is 22.2 Å². The third kappa shape index (κ3) is 8.90. The van der Waals surface area contributed by atoms with Crippen LogP contribution in [-0.2, 0) is 24.9 Å². The zero-order valence-electron chi connectivity index (χ0n) is 19.1. The van der Waals surface area contributed by atoms with E-state index in [-0.39, 0.29) is 20.1 Å². The summed E-state index contributed by atoms with van der Waals surface area (Å²) in [5.41, 5.74) is 4.35. The molecule has 3 rings (SSSR count). The summed E-state index contributed by atoms with van der Waals surface area (Å²) < 4.78 is 68.1. The van der Waals surface area contributed by atoms with E-state index in [4.69, 9.17) is 10.1 Å². The zero-order chi connectivity index (χ0) is 25.9. The minimum atomic E-state index is -5.42. The number of alkyl halides is 6. The molecule has 0 aliphatic heterocycles. The molecule has 2 aromatic carbocycles. The Hall–Kier alpha value is -2.49. The number of pyridine rings is 1. The summed E-state index contributed by atoms with van der Waals surface area (Å²) in [5, 5.41) is 10.6. The van der Waals surface area contributed by atoms with Crippen molar-refractivity contribution < 1.29 is 56.3 Å². The molecule has 0 amide bonds. The number of carbonyl (C=O) groups excluding carboxylic acids is 1. The van der Waals surface area contributed by atoms with E-state index < -0.39 is 38.0 Å². The molecule has 1 aromatic heterocycles. The smallest absolute Gasteiger partial charge is 0.454 e. The minimum absolute atomic E-state index is 0. The van der Waals surface area contributed by atoms with Gasteiger partial charge in [0.25, 0.3) is 5.78 Å². The number of allylic oxidation sites excluding steroid dienone is 2. The number of aliphatic hydroxyl groups excluding tert-OH is 1. The van der Waals surface area contributed by atoms with Crippen LogP contribution in [0.2, 0.25) is 19.6 Å². The number of hydrogen-bond donors (Lipinski definition) is 1. The standard InChI is InChI=1S/C19H20NSi.C5H2F6O2.Ir/c1-14-6-5-7-15(12-14)18-10-8-16-13-17(21(2,3)4)9-11-19(16)20-18;6-4(7,8)2(12)1-3(13)5(9,10)11;/h5-6,8-13H,1-4H3;1,12H;/q-1;;/b;2-1-;. The van der Waals surface area contributed by atoms with Gasteiger partial charge in [0.15, 0.2) is 0 Å². The van der Waals surface area contributed by atoms with Crippen LogP contribution in [0.1, 0.15) is 5.56 Å². The van der Waals surface area contributed by atoms with Crippen molar-refractivity contribution in [2.75, 3.05) is 0 Å². The van der Waals surface area contributed by atoms with Gasteiger partial charge in [-0.2, -0.15) is 26.3 Å². The Morgan fingerprint density at radius 2 is 1.60 bits per heavy atom. The summed E-state index contributed by atoms with van der Waals surface area (Å²) in [4.78, 5) is 14.7. The van der Waals surface area contributed by atoms with E-state index in [1.807, 2.05) is 6.07 Å². The molecule has 1 N–H and O–H groups in total.